The van der Waals surface area contributed by atoms with E-state index < -0.39 is 0 Å². The lowest BCUT2D eigenvalue weighted by Crippen LogP contribution is -2.20. The molecular formula is C13H20N2S. The summed E-state index contributed by atoms with van der Waals surface area (Å²) in [6.45, 7) is 6.44. The van der Waals surface area contributed by atoms with Crippen molar-refractivity contribution in [1.82, 2.24) is 0 Å². The molecule has 1 rings (SSSR count). The molecule has 0 saturated heterocycles. The normalized spacial score (nSPS) is 12.2. The van der Waals surface area contributed by atoms with Crippen molar-refractivity contribution in [3.63, 3.8) is 0 Å². The molecule has 0 aliphatic carbocycles. The van der Waals surface area contributed by atoms with E-state index in [1.807, 2.05) is 12.1 Å². The molecular weight excluding hydrogens is 216 g/mol. The summed E-state index contributed by atoms with van der Waals surface area (Å²) < 4.78 is 0. The van der Waals surface area contributed by atoms with Crippen molar-refractivity contribution in [1.29, 1.82) is 0 Å². The van der Waals surface area contributed by atoms with Gasteiger partial charge in [0.15, 0.2) is 0 Å². The van der Waals surface area contributed by atoms with Crippen molar-refractivity contribution >= 4 is 22.9 Å². The lowest BCUT2D eigenvalue weighted by Gasteiger charge is -2.19. The highest BCUT2D eigenvalue weighted by Crippen LogP contribution is 2.22. The number of aryl methyl sites for hydroxylation is 1. The van der Waals surface area contributed by atoms with Crippen molar-refractivity contribution in [2.75, 3.05) is 5.32 Å². The Bertz CT molecular complexity index is 374. The third-order valence-corrected chi connectivity index (χ3v) is 2.87. The molecule has 16 heavy (non-hydrogen) atoms. The average Bonchev–Trinajstić information content (AvgIpc) is 2.21. The molecule has 1 aromatic carbocycles. The van der Waals surface area contributed by atoms with E-state index in [9.17, 15) is 0 Å². The predicted molar refractivity (Wildman–Crippen MR) is 75.1 cm³/mol. The van der Waals surface area contributed by atoms with Gasteiger partial charge in [-0.2, -0.15) is 0 Å². The van der Waals surface area contributed by atoms with Gasteiger partial charge in [-0.1, -0.05) is 37.7 Å². The maximum Gasteiger partial charge on any atom is 0.106 e. The topological polar surface area (TPSA) is 38.0 Å². The van der Waals surface area contributed by atoms with Crippen molar-refractivity contribution in [2.45, 2.75) is 39.7 Å². The van der Waals surface area contributed by atoms with E-state index >= 15 is 0 Å². The minimum absolute atomic E-state index is 0.444. The smallest absolute Gasteiger partial charge is 0.106 e. The number of rotatable bonds is 5. The Morgan fingerprint density at radius 1 is 1.50 bits per heavy atom. The monoisotopic (exact) mass is 236 g/mol. The summed E-state index contributed by atoms with van der Waals surface area (Å²) in [5.41, 5.74) is 8.93. The fraction of sp³-hybridized carbons (Fsp3) is 0.462. The minimum Gasteiger partial charge on any atom is -0.389 e. The Balaban J connectivity index is 2.97. The maximum atomic E-state index is 5.72. The maximum absolute atomic E-state index is 5.72. The van der Waals surface area contributed by atoms with Gasteiger partial charge in [0, 0.05) is 17.3 Å². The van der Waals surface area contributed by atoms with Gasteiger partial charge in [-0.05, 0) is 31.9 Å². The van der Waals surface area contributed by atoms with Gasteiger partial charge >= 0.3 is 0 Å². The molecule has 0 fully saturated rings. The zero-order valence-corrected chi connectivity index (χ0v) is 11.0. The van der Waals surface area contributed by atoms with Crippen LogP contribution >= 0.6 is 12.2 Å². The molecule has 0 spiro atoms. The molecule has 3 heteroatoms. The van der Waals surface area contributed by atoms with Crippen LogP contribution < -0.4 is 11.1 Å². The third-order valence-electron chi connectivity index (χ3n) is 2.65. The molecule has 1 aromatic rings. The number of thiocarbonyl (C=S) groups is 1. The highest BCUT2D eigenvalue weighted by atomic mass is 32.1. The van der Waals surface area contributed by atoms with Gasteiger partial charge in [0.2, 0.25) is 0 Å². The van der Waals surface area contributed by atoms with Gasteiger partial charge in [0.25, 0.3) is 0 Å². The number of hydrogen-bond acceptors (Lipinski definition) is 2. The number of anilines is 1. The lowest BCUT2D eigenvalue weighted by molar-refractivity contribution is 0.690. The van der Waals surface area contributed by atoms with Crippen LogP contribution in [0.25, 0.3) is 0 Å². The number of nitrogens with two attached hydrogens (primary N) is 1. The molecule has 88 valence electrons. The summed E-state index contributed by atoms with van der Waals surface area (Å²) in [6, 6.07) is 6.47. The molecule has 0 aliphatic rings. The first kappa shape index (κ1) is 13.0. The van der Waals surface area contributed by atoms with Gasteiger partial charge in [-0.25, -0.2) is 0 Å². The predicted octanol–water partition coefficient (Wildman–Crippen LogP) is 3.23. The Morgan fingerprint density at radius 2 is 2.19 bits per heavy atom. The summed E-state index contributed by atoms with van der Waals surface area (Å²) in [7, 11) is 0. The summed E-state index contributed by atoms with van der Waals surface area (Å²) in [5.74, 6) is 0. The van der Waals surface area contributed by atoms with Crippen molar-refractivity contribution < 1.29 is 0 Å². The van der Waals surface area contributed by atoms with Crippen LogP contribution in [0.4, 0.5) is 5.69 Å². The second kappa shape index (κ2) is 5.85. The van der Waals surface area contributed by atoms with Gasteiger partial charge in [-0.15, -0.1) is 0 Å². The van der Waals surface area contributed by atoms with Gasteiger partial charge in [0.1, 0.15) is 4.99 Å². The Hall–Kier alpha value is -1.09. The summed E-state index contributed by atoms with van der Waals surface area (Å²) >= 11 is 5.06. The number of para-hydroxylation sites is 1. The van der Waals surface area contributed by atoms with Gasteiger partial charge < -0.3 is 11.1 Å². The molecule has 1 atom stereocenters. The summed E-state index contributed by atoms with van der Waals surface area (Å²) in [6.07, 6.45) is 2.31. The molecule has 0 bridgehead atoms. The van der Waals surface area contributed by atoms with Crippen LogP contribution in [0.15, 0.2) is 18.2 Å². The summed E-state index contributed by atoms with van der Waals surface area (Å²) in [4.78, 5) is 0.454. The standard InChI is InChI=1S/C13H20N2S/c1-4-6-10(3)15-12-9(2)7-5-8-11(12)13(14)16/h5,7-8,10,15H,4,6H2,1-3H3,(H2,14,16). The van der Waals surface area contributed by atoms with Crippen LogP contribution in [-0.2, 0) is 0 Å². The molecule has 0 saturated carbocycles. The summed E-state index contributed by atoms with van der Waals surface area (Å²) in [5, 5.41) is 3.49. The molecule has 0 aliphatic heterocycles. The number of benzene rings is 1. The highest BCUT2D eigenvalue weighted by Gasteiger charge is 2.09. The minimum atomic E-state index is 0.444. The average molecular weight is 236 g/mol. The Labute approximate surface area is 103 Å². The second-order valence-corrected chi connectivity index (χ2v) is 4.64. The van der Waals surface area contributed by atoms with E-state index in [4.69, 9.17) is 18.0 Å². The van der Waals surface area contributed by atoms with E-state index in [0.717, 1.165) is 17.7 Å². The van der Waals surface area contributed by atoms with Gasteiger partial charge in [0.05, 0.1) is 0 Å². The van der Waals surface area contributed by atoms with Crippen LogP contribution in [0.1, 0.15) is 37.8 Å². The quantitative estimate of drug-likeness (QED) is 0.771. The molecule has 0 amide bonds. The fourth-order valence-electron chi connectivity index (χ4n) is 1.82. The fourth-order valence-corrected chi connectivity index (χ4v) is 1.99. The van der Waals surface area contributed by atoms with Crippen LogP contribution in [0.2, 0.25) is 0 Å². The molecule has 1 unspecified atom stereocenters. The van der Waals surface area contributed by atoms with E-state index in [2.05, 4.69) is 32.2 Å². The highest BCUT2D eigenvalue weighted by molar-refractivity contribution is 7.80. The zero-order chi connectivity index (χ0) is 12.1. The van der Waals surface area contributed by atoms with Crippen LogP contribution in [0, 0.1) is 6.92 Å². The Morgan fingerprint density at radius 3 is 2.75 bits per heavy atom. The first-order chi connectivity index (χ1) is 7.56. The molecule has 0 aromatic heterocycles. The number of hydrogen-bond donors (Lipinski definition) is 2. The molecule has 0 radical (unpaired) electrons. The SMILES string of the molecule is CCCC(C)Nc1c(C)cccc1C(N)=S. The third kappa shape index (κ3) is 3.20. The van der Waals surface area contributed by atoms with Crippen LogP contribution in [0.3, 0.4) is 0 Å². The van der Waals surface area contributed by atoms with E-state index in [1.165, 1.54) is 12.0 Å². The second-order valence-electron chi connectivity index (χ2n) is 4.20. The lowest BCUT2D eigenvalue weighted by atomic mass is 10.1. The molecule has 0 heterocycles. The van der Waals surface area contributed by atoms with Crippen molar-refractivity contribution in [3.05, 3.63) is 29.3 Å². The van der Waals surface area contributed by atoms with Crippen molar-refractivity contribution in [3.8, 4) is 0 Å². The van der Waals surface area contributed by atoms with Crippen LogP contribution in [0.5, 0.6) is 0 Å². The zero-order valence-electron chi connectivity index (χ0n) is 10.2. The van der Waals surface area contributed by atoms with E-state index in [1.54, 1.807) is 0 Å². The van der Waals surface area contributed by atoms with Gasteiger partial charge in [-0.3, -0.25) is 0 Å². The van der Waals surface area contributed by atoms with E-state index in [-0.39, 0.29) is 0 Å². The molecule has 3 N–H and O–H groups in total. The molecule has 2 nitrogen and oxygen atoms in total. The first-order valence-corrected chi connectivity index (χ1v) is 6.13. The largest absolute Gasteiger partial charge is 0.389 e. The Kier molecular flexibility index (Phi) is 4.74. The van der Waals surface area contributed by atoms with E-state index in [0.29, 0.717) is 11.0 Å². The number of nitrogens with one attached hydrogen (secondary N) is 1. The first-order valence-electron chi connectivity index (χ1n) is 5.72. The van der Waals surface area contributed by atoms with Crippen molar-refractivity contribution in [2.24, 2.45) is 5.73 Å². The van der Waals surface area contributed by atoms with Crippen LogP contribution in [-0.4, -0.2) is 11.0 Å².